The van der Waals surface area contributed by atoms with Crippen LogP contribution in [0.4, 0.5) is 0 Å². The average molecular weight is 593 g/mol. The van der Waals surface area contributed by atoms with Crippen LogP contribution in [0, 0.1) is 0 Å². The number of carbonyl (C=O) groups is 2. The first-order valence-electron chi connectivity index (χ1n) is 18.7. The van der Waals surface area contributed by atoms with Crippen LogP contribution in [0.5, 0.6) is 0 Å². The number of hydrogen-bond donors (Lipinski definition) is 1. The molecule has 42 heavy (non-hydrogen) atoms. The highest BCUT2D eigenvalue weighted by atomic mass is 16.5. The summed E-state index contributed by atoms with van der Waals surface area (Å²) < 4.78 is 5.78. The monoisotopic (exact) mass is 593 g/mol. The Labute approximate surface area is 262 Å². The lowest BCUT2D eigenvalue weighted by Crippen LogP contribution is -2.17. The zero-order chi connectivity index (χ0) is 30.8. The number of rotatable bonds is 34. The Morgan fingerprint density at radius 3 is 1.33 bits per heavy atom. The quantitative estimate of drug-likeness (QED) is 0.0458. The van der Waals surface area contributed by atoms with Gasteiger partial charge in [0.05, 0.1) is 0 Å². The number of carboxylic acid groups (broad SMARTS) is 1. The van der Waals surface area contributed by atoms with Crippen molar-refractivity contribution >= 4 is 11.9 Å². The van der Waals surface area contributed by atoms with Gasteiger partial charge in [0.25, 0.3) is 0 Å². The highest BCUT2D eigenvalue weighted by molar-refractivity contribution is 5.69. The summed E-state index contributed by atoms with van der Waals surface area (Å²) >= 11 is 0. The highest BCUT2D eigenvalue weighted by Crippen LogP contribution is 2.17. The van der Waals surface area contributed by atoms with E-state index in [0.717, 1.165) is 38.5 Å². The molecular formula is C38H72O4. The van der Waals surface area contributed by atoms with E-state index in [-0.39, 0.29) is 12.1 Å². The molecule has 1 N–H and O–H groups in total. The van der Waals surface area contributed by atoms with Crippen molar-refractivity contribution in [2.45, 2.75) is 219 Å². The maximum Gasteiger partial charge on any atom is 0.306 e. The Morgan fingerprint density at radius 2 is 0.905 bits per heavy atom. The molecule has 0 saturated carbocycles. The van der Waals surface area contributed by atoms with Crippen LogP contribution in [-0.2, 0) is 14.3 Å². The number of esters is 1. The van der Waals surface area contributed by atoms with Gasteiger partial charge in [-0.3, -0.25) is 9.59 Å². The normalized spacial score (nSPS) is 12.2. The molecule has 0 radical (unpaired) electrons. The van der Waals surface area contributed by atoms with E-state index in [1.165, 1.54) is 148 Å². The topological polar surface area (TPSA) is 63.6 Å². The van der Waals surface area contributed by atoms with Crippen LogP contribution in [0.3, 0.4) is 0 Å². The fourth-order valence-corrected chi connectivity index (χ4v) is 5.70. The summed E-state index contributed by atoms with van der Waals surface area (Å²) in [7, 11) is 0. The largest absolute Gasteiger partial charge is 0.481 e. The standard InChI is InChI=1S/C38H72O4/c1-3-5-6-7-8-9-10-15-20-23-26-29-32-35-38(41)42-36(4-2)33-30-27-24-21-18-16-13-11-12-14-17-19-22-25-28-31-34-37(39)40/h9-10,36H,3-8,11-35H2,1-2H3,(H,39,40)/b10-9-. The summed E-state index contributed by atoms with van der Waals surface area (Å²) in [5, 5.41) is 8.64. The predicted molar refractivity (Wildman–Crippen MR) is 181 cm³/mol. The summed E-state index contributed by atoms with van der Waals surface area (Å²) in [6, 6.07) is 0. The fourth-order valence-electron chi connectivity index (χ4n) is 5.70. The number of hydrogen-bond acceptors (Lipinski definition) is 3. The van der Waals surface area contributed by atoms with Crippen molar-refractivity contribution in [2.24, 2.45) is 0 Å². The molecule has 1 unspecified atom stereocenters. The first-order valence-corrected chi connectivity index (χ1v) is 18.7. The van der Waals surface area contributed by atoms with Crippen molar-refractivity contribution < 1.29 is 19.4 Å². The molecule has 4 nitrogen and oxygen atoms in total. The van der Waals surface area contributed by atoms with E-state index in [2.05, 4.69) is 26.0 Å². The van der Waals surface area contributed by atoms with Gasteiger partial charge in [0.2, 0.25) is 0 Å². The minimum absolute atomic E-state index is 0.0147. The second-order valence-electron chi connectivity index (χ2n) is 12.7. The van der Waals surface area contributed by atoms with E-state index in [4.69, 9.17) is 9.84 Å². The van der Waals surface area contributed by atoms with Gasteiger partial charge in [-0.1, -0.05) is 154 Å². The molecule has 0 amide bonds. The fraction of sp³-hybridized carbons (Fsp3) is 0.895. The molecule has 0 bridgehead atoms. The van der Waals surface area contributed by atoms with E-state index >= 15 is 0 Å². The lowest BCUT2D eigenvalue weighted by molar-refractivity contribution is -0.149. The summed E-state index contributed by atoms with van der Waals surface area (Å²) in [4.78, 5) is 22.8. The minimum atomic E-state index is -0.663. The van der Waals surface area contributed by atoms with Gasteiger partial charge < -0.3 is 9.84 Å². The second-order valence-corrected chi connectivity index (χ2v) is 12.7. The SMILES string of the molecule is CCCCCC/C=C\CCCCCCCC(=O)OC(CC)CCCCCCCCCCCCCCCCCCC(=O)O. The Kier molecular flexibility index (Phi) is 33.1. The average Bonchev–Trinajstić information content (AvgIpc) is 2.98. The van der Waals surface area contributed by atoms with Gasteiger partial charge in [-0.15, -0.1) is 0 Å². The van der Waals surface area contributed by atoms with Gasteiger partial charge >= 0.3 is 11.9 Å². The molecule has 0 rings (SSSR count). The van der Waals surface area contributed by atoms with Gasteiger partial charge in [0.15, 0.2) is 0 Å². The molecule has 0 aliphatic rings. The van der Waals surface area contributed by atoms with Crippen LogP contribution in [-0.4, -0.2) is 23.1 Å². The van der Waals surface area contributed by atoms with Gasteiger partial charge in [-0.25, -0.2) is 0 Å². The first kappa shape index (κ1) is 40.7. The predicted octanol–water partition coefficient (Wildman–Crippen LogP) is 12.7. The Balaban J connectivity index is 3.41. The Bertz CT molecular complexity index is 600. The molecule has 0 saturated heterocycles. The van der Waals surface area contributed by atoms with Crippen molar-refractivity contribution in [1.82, 2.24) is 0 Å². The number of aliphatic carboxylic acids is 1. The van der Waals surface area contributed by atoms with Crippen molar-refractivity contribution in [3.8, 4) is 0 Å². The van der Waals surface area contributed by atoms with Gasteiger partial charge in [-0.2, -0.15) is 0 Å². The molecule has 0 fully saturated rings. The first-order chi connectivity index (χ1) is 20.6. The maximum atomic E-state index is 12.3. The van der Waals surface area contributed by atoms with E-state index in [9.17, 15) is 9.59 Å². The summed E-state index contributed by atoms with van der Waals surface area (Å²) in [5.41, 5.74) is 0. The van der Waals surface area contributed by atoms with E-state index in [0.29, 0.717) is 12.8 Å². The summed E-state index contributed by atoms with van der Waals surface area (Å²) in [6.07, 6.45) is 41.7. The van der Waals surface area contributed by atoms with Crippen molar-refractivity contribution in [3.63, 3.8) is 0 Å². The van der Waals surface area contributed by atoms with Crippen LogP contribution in [0.25, 0.3) is 0 Å². The molecule has 0 aromatic rings. The van der Waals surface area contributed by atoms with Crippen molar-refractivity contribution in [2.75, 3.05) is 0 Å². The van der Waals surface area contributed by atoms with Crippen molar-refractivity contribution in [1.29, 1.82) is 0 Å². The van der Waals surface area contributed by atoms with Gasteiger partial charge in [0.1, 0.15) is 6.10 Å². The van der Waals surface area contributed by atoms with E-state index in [1.54, 1.807) is 0 Å². The second kappa shape index (κ2) is 34.2. The lowest BCUT2D eigenvalue weighted by atomic mass is 10.0. The molecule has 248 valence electrons. The lowest BCUT2D eigenvalue weighted by Gasteiger charge is -2.16. The zero-order valence-electron chi connectivity index (χ0n) is 28.3. The smallest absolute Gasteiger partial charge is 0.306 e. The molecular weight excluding hydrogens is 520 g/mol. The van der Waals surface area contributed by atoms with E-state index in [1.807, 2.05) is 0 Å². The zero-order valence-corrected chi connectivity index (χ0v) is 28.3. The molecule has 0 aromatic heterocycles. The van der Waals surface area contributed by atoms with Crippen LogP contribution in [0.2, 0.25) is 0 Å². The van der Waals surface area contributed by atoms with Crippen molar-refractivity contribution in [3.05, 3.63) is 12.2 Å². The van der Waals surface area contributed by atoms with Crippen LogP contribution < -0.4 is 0 Å². The van der Waals surface area contributed by atoms with Crippen LogP contribution in [0.1, 0.15) is 213 Å². The number of unbranched alkanes of at least 4 members (excludes halogenated alkanes) is 24. The molecule has 0 heterocycles. The molecule has 0 aliphatic carbocycles. The molecule has 1 atom stereocenters. The highest BCUT2D eigenvalue weighted by Gasteiger charge is 2.12. The van der Waals surface area contributed by atoms with Gasteiger partial charge in [0, 0.05) is 12.8 Å². The Hall–Kier alpha value is -1.32. The molecule has 0 spiro atoms. The van der Waals surface area contributed by atoms with E-state index < -0.39 is 5.97 Å². The number of ether oxygens (including phenoxy) is 1. The van der Waals surface area contributed by atoms with Crippen LogP contribution in [0.15, 0.2) is 12.2 Å². The molecule has 0 aliphatic heterocycles. The number of carbonyl (C=O) groups excluding carboxylic acids is 1. The summed E-state index contributed by atoms with van der Waals surface area (Å²) in [5.74, 6) is -0.649. The third-order valence-electron chi connectivity index (χ3n) is 8.56. The maximum absolute atomic E-state index is 12.3. The number of allylic oxidation sites excluding steroid dienone is 2. The molecule has 4 heteroatoms. The summed E-state index contributed by atoms with van der Waals surface area (Å²) in [6.45, 7) is 4.40. The van der Waals surface area contributed by atoms with Gasteiger partial charge in [-0.05, 0) is 57.8 Å². The number of carboxylic acids is 1. The third-order valence-corrected chi connectivity index (χ3v) is 8.56. The van der Waals surface area contributed by atoms with Crippen LogP contribution >= 0.6 is 0 Å². The molecule has 0 aromatic carbocycles. The third kappa shape index (κ3) is 33.2. The minimum Gasteiger partial charge on any atom is -0.481 e. The Morgan fingerprint density at radius 1 is 0.524 bits per heavy atom.